The van der Waals surface area contributed by atoms with Gasteiger partial charge in [0.15, 0.2) is 0 Å². The maximum Gasteiger partial charge on any atom is 0.222 e. The lowest BCUT2D eigenvalue weighted by Crippen LogP contribution is -2.40. The molecule has 0 radical (unpaired) electrons. The van der Waals surface area contributed by atoms with Crippen molar-refractivity contribution in [3.63, 3.8) is 0 Å². The molecule has 3 heterocycles. The van der Waals surface area contributed by atoms with E-state index in [2.05, 4.69) is 20.2 Å². The molecule has 0 saturated carbocycles. The Morgan fingerprint density at radius 3 is 3.04 bits per heavy atom. The quantitative estimate of drug-likeness (QED) is 0.774. The summed E-state index contributed by atoms with van der Waals surface area (Å²) in [6.45, 7) is 3.12. The molecular formula is C19H28N4O2. The van der Waals surface area contributed by atoms with E-state index in [0.717, 1.165) is 44.7 Å². The summed E-state index contributed by atoms with van der Waals surface area (Å²) < 4.78 is 9.42. The molecule has 0 N–H and O–H groups in total. The maximum absolute atomic E-state index is 12.6. The zero-order valence-electron chi connectivity index (χ0n) is 15.2. The van der Waals surface area contributed by atoms with Crippen molar-refractivity contribution in [1.82, 2.24) is 19.0 Å². The highest BCUT2D eigenvalue weighted by Crippen LogP contribution is 2.26. The second-order valence-corrected chi connectivity index (χ2v) is 6.76. The lowest BCUT2D eigenvalue weighted by molar-refractivity contribution is -0.132. The van der Waals surface area contributed by atoms with Crippen molar-refractivity contribution < 1.29 is 9.53 Å². The van der Waals surface area contributed by atoms with E-state index in [1.807, 2.05) is 36.6 Å². The van der Waals surface area contributed by atoms with Crippen molar-refractivity contribution >= 4 is 5.91 Å². The van der Waals surface area contributed by atoms with Crippen molar-refractivity contribution in [1.29, 1.82) is 0 Å². The van der Waals surface area contributed by atoms with Crippen LogP contribution >= 0.6 is 0 Å². The van der Waals surface area contributed by atoms with Gasteiger partial charge in [0.1, 0.15) is 5.82 Å². The number of ether oxygens (including phenoxy) is 1. The topological polar surface area (TPSA) is 52.3 Å². The fraction of sp³-hybridized carbons (Fsp3) is 0.579. The van der Waals surface area contributed by atoms with Gasteiger partial charge in [-0.1, -0.05) is 0 Å². The minimum Gasteiger partial charge on any atom is -0.383 e. The van der Waals surface area contributed by atoms with E-state index in [-0.39, 0.29) is 5.91 Å². The molecule has 1 atom stereocenters. The van der Waals surface area contributed by atoms with Crippen molar-refractivity contribution in [3.8, 4) is 0 Å². The summed E-state index contributed by atoms with van der Waals surface area (Å²) in [4.78, 5) is 19.2. The van der Waals surface area contributed by atoms with Crippen LogP contribution in [0.2, 0.25) is 0 Å². The molecule has 0 unspecified atom stereocenters. The molecular weight excluding hydrogens is 316 g/mol. The summed E-state index contributed by atoms with van der Waals surface area (Å²) in [6.07, 6.45) is 9.38. The lowest BCUT2D eigenvalue weighted by atomic mass is 9.96. The molecule has 0 aromatic carbocycles. The van der Waals surface area contributed by atoms with E-state index in [1.165, 1.54) is 5.69 Å². The molecule has 0 bridgehead atoms. The highest BCUT2D eigenvalue weighted by molar-refractivity contribution is 5.76. The van der Waals surface area contributed by atoms with E-state index >= 15 is 0 Å². The van der Waals surface area contributed by atoms with Gasteiger partial charge in [-0.15, -0.1) is 0 Å². The normalized spacial score (nSPS) is 17.8. The van der Waals surface area contributed by atoms with Crippen molar-refractivity contribution in [2.75, 3.05) is 26.8 Å². The molecule has 1 aliphatic rings. The molecule has 136 valence electrons. The number of aryl methyl sites for hydroxylation is 2. The van der Waals surface area contributed by atoms with Crippen LogP contribution in [0.1, 0.15) is 36.7 Å². The van der Waals surface area contributed by atoms with Crippen LogP contribution in [0, 0.1) is 0 Å². The molecule has 1 amide bonds. The third-order valence-electron chi connectivity index (χ3n) is 5.07. The SMILES string of the molecule is COCCn1ccnc1[C@H]1CCCN(C(=O)CCc2cccn2C)C1. The summed E-state index contributed by atoms with van der Waals surface area (Å²) >= 11 is 0. The van der Waals surface area contributed by atoms with Crippen molar-refractivity contribution in [2.45, 2.75) is 38.1 Å². The summed E-state index contributed by atoms with van der Waals surface area (Å²) in [5.41, 5.74) is 1.21. The van der Waals surface area contributed by atoms with Gasteiger partial charge in [0.25, 0.3) is 0 Å². The zero-order valence-corrected chi connectivity index (χ0v) is 15.2. The van der Waals surface area contributed by atoms with Crippen LogP contribution in [0.15, 0.2) is 30.7 Å². The molecule has 2 aromatic heterocycles. The van der Waals surface area contributed by atoms with E-state index < -0.39 is 0 Å². The molecule has 6 heteroatoms. The Morgan fingerprint density at radius 2 is 2.28 bits per heavy atom. The first kappa shape index (κ1) is 17.7. The molecule has 1 aliphatic heterocycles. The average molecular weight is 344 g/mol. The van der Waals surface area contributed by atoms with Gasteiger partial charge in [-0.05, 0) is 31.4 Å². The van der Waals surface area contributed by atoms with E-state index in [4.69, 9.17) is 4.74 Å². The van der Waals surface area contributed by atoms with Gasteiger partial charge in [0, 0.05) is 70.4 Å². The first-order chi connectivity index (χ1) is 12.2. The van der Waals surface area contributed by atoms with Crippen LogP contribution in [0.25, 0.3) is 0 Å². The van der Waals surface area contributed by atoms with Gasteiger partial charge in [-0.25, -0.2) is 4.98 Å². The summed E-state index contributed by atoms with van der Waals surface area (Å²) in [5.74, 6) is 1.65. The van der Waals surface area contributed by atoms with Gasteiger partial charge in [-0.3, -0.25) is 4.79 Å². The summed E-state index contributed by atoms with van der Waals surface area (Å²) in [6, 6.07) is 4.11. The number of aromatic nitrogens is 3. The largest absolute Gasteiger partial charge is 0.383 e. The number of likely N-dealkylation sites (tertiary alicyclic amines) is 1. The number of imidazole rings is 1. The number of rotatable bonds is 7. The molecule has 1 saturated heterocycles. The Morgan fingerprint density at radius 1 is 1.40 bits per heavy atom. The lowest BCUT2D eigenvalue weighted by Gasteiger charge is -2.33. The van der Waals surface area contributed by atoms with Crippen LogP contribution < -0.4 is 0 Å². The molecule has 6 nitrogen and oxygen atoms in total. The Bertz CT molecular complexity index is 691. The van der Waals surface area contributed by atoms with Gasteiger partial charge in [-0.2, -0.15) is 0 Å². The van der Waals surface area contributed by atoms with E-state index in [9.17, 15) is 4.79 Å². The van der Waals surface area contributed by atoms with Crippen LogP contribution in [0.4, 0.5) is 0 Å². The number of methoxy groups -OCH3 is 1. The standard InChI is InChI=1S/C19H28N4O2/c1-21-10-4-6-17(21)7-8-18(24)23-11-3-5-16(15-23)19-20-9-12-22(19)13-14-25-2/h4,6,9-10,12,16H,3,5,7-8,11,13-15H2,1-2H3/t16-/m0/s1. The third kappa shape index (κ3) is 4.31. The fourth-order valence-electron chi connectivity index (χ4n) is 3.62. The second kappa shape index (κ2) is 8.34. The first-order valence-electron chi connectivity index (χ1n) is 9.07. The van der Waals surface area contributed by atoms with E-state index in [1.54, 1.807) is 7.11 Å². The van der Waals surface area contributed by atoms with Gasteiger partial charge < -0.3 is 18.8 Å². The number of piperidine rings is 1. The minimum atomic E-state index is 0.251. The van der Waals surface area contributed by atoms with Gasteiger partial charge >= 0.3 is 0 Å². The van der Waals surface area contributed by atoms with Crippen LogP contribution in [0.3, 0.4) is 0 Å². The monoisotopic (exact) mass is 344 g/mol. The van der Waals surface area contributed by atoms with Gasteiger partial charge in [0.2, 0.25) is 5.91 Å². The molecule has 25 heavy (non-hydrogen) atoms. The van der Waals surface area contributed by atoms with Crippen LogP contribution in [-0.4, -0.2) is 51.7 Å². The van der Waals surface area contributed by atoms with Crippen LogP contribution in [-0.2, 0) is 29.5 Å². The third-order valence-corrected chi connectivity index (χ3v) is 5.07. The Balaban J connectivity index is 1.58. The summed E-state index contributed by atoms with van der Waals surface area (Å²) in [5, 5.41) is 0. The number of carbonyl (C=O) groups is 1. The highest BCUT2D eigenvalue weighted by Gasteiger charge is 2.27. The Hall–Kier alpha value is -2.08. The Kier molecular flexibility index (Phi) is 5.91. The van der Waals surface area contributed by atoms with Crippen molar-refractivity contribution in [2.24, 2.45) is 7.05 Å². The van der Waals surface area contributed by atoms with E-state index in [0.29, 0.717) is 18.9 Å². The zero-order chi connectivity index (χ0) is 17.6. The van der Waals surface area contributed by atoms with Crippen molar-refractivity contribution in [3.05, 3.63) is 42.2 Å². The first-order valence-corrected chi connectivity index (χ1v) is 9.07. The highest BCUT2D eigenvalue weighted by atomic mass is 16.5. The molecule has 3 rings (SSSR count). The maximum atomic E-state index is 12.6. The number of nitrogens with zero attached hydrogens (tertiary/aromatic N) is 4. The number of carbonyl (C=O) groups excluding carboxylic acids is 1. The van der Waals surface area contributed by atoms with Gasteiger partial charge in [0.05, 0.1) is 6.61 Å². The molecule has 0 aliphatic carbocycles. The average Bonchev–Trinajstić information content (AvgIpc) is 3.26. The Labute approximate surface area is 149 Å². The molecule has 2 aromatic rings. The molecule has 1 fully saturated rings. The minimum absolute atomic E-state index is 0.251. The second-order valence-electron chi connectivity index (χ2n) is 6.76. The number of hydrogen-bond donors (Lipinski definition) is 0. The smallest absolute Gasteiger partial charge is 0.222 e. The number of hydrogen-bond acceptors (Lipinski definition) is 3. The van der Waals surface area contributed by atoms with Crippen LogP contribution in [0.5, 0.6) is 0 Å². The fourth-order valence-corrected chi connectivity index (χ4v) is 3.62. The predicted molar refractivity (Wildman–Crippen MR) is 96.4 cm³/mol. The number of amides is 1. The molecule has 0 spiro atoms. The predicted octanol–water partition coefficient (Wildman–Crippen LogP) is 2.21. The summed E-state index contributed by atoms with van der Waals surface area (Å²) in [7, 11) is 3.74.